The average Bonchev–Trinajstić information content (AvgIpc) is 2.69. The van der Waals surface area contributed by atoms with Crippen LogP contribution in [0.2, 0.25) is 0 Å². The van der Waals surface area contributed by atoms with Gasteiger partial charge in [0.25, 0.3) is 5.91 Å². The SMILES string of the molecule is Cc1cc(C)c(C(=O)Nc2ccccc2)c(SCC(=O)Nc2ccc(C)c(C)c2)n1. The number of nitrogens with zero attached hydrogens (tertiary/aromatic N) is 1. The zero-order valence-electron chi connectivity index (χ0n) is 17.6. The van der Waals surface area contributed by atoms with Crippen LogP contribution in [0.5, 0.6) is 0 Å². The Kier molecular flexibility index (Phi) is 6.90. The monoisotopic (exact) mass is 419 g/mol. The molecule has 154 valence electrons. The molecule has 0 fully saturated rings. The van der Waals surface area contributed by atoms with E-state index in [9.17, 15) is 9.59 Å². The summed E-state index contributed by atoms with van der Waals surface area (Å²) in [7, 11) is 0. The predicted molar refractivity (Wildman–Crippen MR) is 123 cm³/mol. The van der Waals surface area contributed by atoms with Gasteiger partial charge in [-0.15, -0.1) is 0 Å². The molecule has 3 rings (SSSR count). The molecule has 30 heavy (non-hydrogen) atoms. The molecule has 0 radical (unpaired) electrons. The highest BCUT2D eigenvalue weighted by Gasteiger charge is 2.18. The minimum Gasteiger partial charge on any atom is -0.325 e. The van der Waals surface area contributed by atoms with Crippen LogP contribution in [0.25, 0.3) is 0 Å². The predicted octanol–water partition coefficient (Wildman–Crippen LogP) is 5.30. The zero-order valence-corrected chi connectivity index (χ0v) is 18.4. The molecule has 0 aliphatic carbocycles. The Balaban J connectivity index is 1.74. The number of benzene rings is 2. The van der Waals surface area contributed by atoms with Gasteiger partial charge in [-0.2, -0.15) is 0 Å². The summed E-state index contributed by atoms with van der Waals surface area (Å²) in [5, 5.41) is 6.37. The lowest BCUT2D eigenvalue weighted by molar-refractivity contribution is -0.113. The Bertz CT molecular complexity index is 1080. The fourth-order valence-electron chi connectivity index (χ4n) is 3.05. The van der Waals surface area contributed by atoms with E-state index in [4.69, 9.17) is 0 Å². The number of para-hydroxylation sites is 1. The number of carbonyl (C=O) groups is 2. The number of aromatic nitrogens is 1. The molecule has 0 atom stereocenters. The first kappa shape index (κ1) is 21.6. The summed E-state index contributed by atoms with van der Waals surface area (Å²) in [5.41, 5.74) is 5.90. The van der Waals surface area contributed by atoms with Gasteiger partial charge in [-0.25, -0.2) is 4.98 Å². The second kappa shape index (κ2) is 9.59. The summed E-state index contributed by atoms with van der Waals surface area (Å²) >= 11 is 1.26. The van der Waals surface area contributed by atoms with Crippen molar-refractivity contribution in [3.05, 3.63) is 82.5 Å². The molecule has 0 saturated carbocycles. The molecule has 0 aliphatic heterocycles. The fraction of sp³-hybridized carbons (Fsp3) is 0.208. The average molecular weight is 420 g/mol. The standard InChI is InChI=1S/C24H25N3O2S/c1-15-10-11-20(13-16(15)2)26-21(28)14-30-24-22(17(3)12-18(4)25-24)23(29)27-19-8-6-5-7-9-19/h5-13H,14H2,1-4H3,(H,26,28)(H,27,29). The number of aryl methyl sites for hydroxylation is 4. The third-order valence-corrected chi connectivity index (χ3v) is 5.68. The molecule has 5 nitrogen and oxygen atoms in total. The van der Waals surface area contributed by atoms with E-state index in [0.717, 1.165) is 22.5 Å². The van der Waals surface area contributed by atoms with Gasteiger partial charge < -0.3 is 10.6 Å². The number of rotatable bonds is 6. The second-order valence-corrected chi connectivity index (χ2v) is 8.18. The lowest BCUT2D eigenvalue weighted by atomic mass is 10.1. The molecule has 2 amide bonds. The molecule has 0 spiro atoms. The molecule has 0 saturated heterocycles. The molecule has 0 aliphatic rings. The largest absolute Gasteiger partial charge is 0.325 e. The molecule has 2 N–H and O–H groups in total. The van der Waals surface area contributed by atoms with Gasteiger partial charge in [0.1, 0.15) is 5.03 Å². The highest BCUT2D eigenvalue weighted by molar-refractivity contribution is 8.00. The van der Waals surface area contributed by atoms with Crippen molar-refractivity contribution >= 4 is 35.0 Å². The van der Waals surface area contributed by atoms with Gasteiger partial charge in [-0.3, -0.25) is 9.59 Å². The van der Waals surface area contributed by atoms with Gasteiger partial charge in [0.15, 0.2) is 0 Å². The van der Waals surface area contributed by atoms with Crippen molar-refractivity contribution < 1.29 is 9.59 Å². The summed E-state index contributed by atoms with van der Waals surface area (Å²) < 4.78 is 0. The van der Waals surface area contributed by atoms with E-state index in [1.807, 2.05) is 82.3 Å². The second-order valence-electron chi connectivity index (χ2n) is 7.22. The minimum atomic E-state index is -0.233. The topological polar surface area (TPSA) is 71.1 Å². The Morgan fingerprint density at radius 3 is 2.27 bits per heavy atom. The first-order valence-corrected chi connectivity index (χ1v) is 10.7. The number of thioether (sulfide) groups is 1. The Labute approximate surface area is 181 Å². The maximum atomic E-state index is 12.9. The van der Waals surface area contributed by atoms with Crippen molar-refractivity contribution in [2.45, 2.75) is 32.7 Å². The molecule has 0 bridgehead atoms. The Morgan fingerprint density at radius 2 is 1.57 bits per heavy atom. The number of hydrogen-bond acceptors (Lipinski definition) is 4. The number of amides is 2. The van der Waals surface area contributed by atoms with Crippen LogP contribution < -0.4 is 10.6 Å². The molecular weight excluding hydrogens is 394 g/mol. The van der Waals surface area contributed by atoms with Gasteiger partial charge >= 0.3 is 0 Å². The molecular formula is C24H25N3O2S. The number of hydrogen-bond donors (Lipinski definition) is 2. The molecule has 0 unspecified atom stereocenters. The van der Waals surface area contributed by atoms with Gasteiger partial charge in [0.05, 0.1) is 11.3 Å². The van der Waals surface area contributed by atoms with Crippen molar-refractivity contribution in [1.29, 1.82) is 0 Å². The van der Waals surface area contributed by atoms with E-state index in [0.29, 0.717) is 16.3 Å². The first-order chi connectivity index (χ1) is 14.3. The lowest BCUT2D eigenvalue weighted by Gasteiger charge is -2.13. The maximum Gasteiger partial charge on any atom is 0.258 e. The Morgan fingerprint density at radius 1 is 0.833 bits per heavy atom. The highest BCUT2D eigenvalue weighted by Crippen LogP contribution is 2.26. The van der Waals surface area contributed by atoms with Crippen molar-refractivity contribution in [3.63, 3.8) is 0 Å². The summed E-state index contributed by atoms with van der Waals surface area (Å²) in [6.45, 7) is 7.81. The van der Waals surface area contributed by atoms with E-state index >= 15 is 0 Å². The summed E-state index contributed by atoms with van der Waals surface area (Å²) in [4.78, 5) is 29.9. The molecule has 3 aromatic rings. The van der Waals surface area contributed by atoms with Crippen LogP contribution in [-0.4, -0.2) is 22.6 Å². The van der Waals surface area contributed by atoms with Crippen LogP contribution >= 0.6 is 11.8 Å². The first-order valence-electron chi connectivity index (χ1n) is 9.68. The normalized spacial score (nSPS) is 10.5. The van der Waals surface area contributed by atoms with Crippen LogP contribution in [0.1, 0.15) is 32.7 Å². The van der Waals surface area contributed by atoms with E-state index in [1.165, 1.54) is 17.3 Å². The number of nitrogens with one attached hydrogen (secondary N) is 2. The highest BCUT2D eigenvalue weighted by atomic mass is 32.2. The van der Waals surface area contributed by atoms with Gasteiger partial charge in [-0.1, -0.05) is 36.0 Å². The van der Waals surface area contributed by atoms with Crippen LogP contribution in [0, 0.1) is 27.7 Å². The summed E-state index contributed by atoms with van der Waals surface area (Å²) in [5.74, 6) is -0.212. The summed E-state index contributed by atoms with van der Waals surface area (Å²) in [6, 6.07) is 17.0. The third kappa shape index (κ3) is 5.48. The van der Waals surface area contributed by atoms with Crippen molar-refractivity contribution in [2.75, 3.05) is 16.4 Å². The van der Waals surface area contributed by atoms with E-state index in [1.54, 1.807) is 0 Å². The third-order valence-electron chi connectivity index (χ3n) is 4.70. The van der Waals surface area contributed by atoms with Crippen LogP contribution in [-0.2, 0) is 4.79 Å². The molecule has 2 aromatic carbocycles. The zero-order chi connectivity index (χ0) is 21.7. The number of carbonyl (C=O) groups excluding carboxylic acids is 2. The lowest BCUT2D eigenvalue weighted by Crippen LogP contribution is -2.18. The number of pyridine rings is 1. The van der Waals surface area contributed by atoms with Gasteiger partial charge in [0.2, 0.25) is 5.91 Å². The quantitative estimate of drug-likeness (QED) is 0.532. The fourth-order valence-corrected chi connectivity index (χ4v) is 3.99. The van der Waals surface area contributed by atoms with Crippen molar-refractivity contribution in [2.24, 2.45) is 0 Å². The van der Waals surface area contributed by atoms with Crippen LogP contribution in [0.15, 0.2) is 59.6 Å². The van der Waals surface area contributed by atoms with Crippen LogP contribution in [0.4, 0.5) is 11.4 Å². The minimum absolute atomic E-state index is 0.140. The molecule has 1 heterocycles. The Hall–Kier alpha value is -3.12. The van der Waals surface area contributed by atoms with E-state index < -0.39 is 0 Å². The smallest absolute Gasteiger partial charge is 0.258 e. The van der Waals surface area contributed by atoms with Crippen molar-refractivity contribution in [1.82, 2.24) is 4.98 Å². The van der Waals surface area contributed by atoms with Gasteiger partial charge in [0, 0.05) is 17.1 Å². The van der Waals surface area contributed by atoms with E-state index in [2.05, 4.69) is 15.6 Å². The van der Waals surface area contributed by atoms with Gasteiger partial charge in [-0.05, 0) is 74.7 Å². The molecule has 1 aromatic heterocycles. The van der Waals surface area contributed by atoms with Crippen LogP contribution in [0.3, 0.4) is 0 Å². The maximum absolute atomic E-state index is 12.9. The summed E-state index contributed by atoms with van der Waals surface area (Å²) in [6.07, 6.45) is 0. The van der Waals surface area contributed by atoms with Crippen molar-refractivity contribution in [3.8, 4) is 0 Å². The molecule has 6 heteroatoms. The number of anilines is 2. The van der Waals surface area contributed by atoms with E-state index in [-0.39, 0.29) is 17.6 Å².